The van der Waals surface area contributed by atoms with Crippen molar-refractivity contribution in [3.05, 3.63) is 12.7 Å². The SMILES string of the molecule is C=CCN(CC)CCCC(C)(C)N. The highest BCUT2D eigenvalue weighted by Gasteiger charge is 2.10. The summed E-state index contributed by atoms with van der Waals surface area (Å²) in [7, 11) is 0. The molecule has 2 heteroatoms. The minimum Gasteiger partial charge on any atom is -0.326 e. The molecule has 0 bridgehead atoms. The van der Waals surface area contributed by atoms with Gasteiger partial charge in [-0.15, -0.1) is 6.58 Å². The molecule has 0 unspecified atom stereocenters. The number of hydrogen-bond acceptors (Lipinski definition) is 2. The largest absolute Gasteiger partial charge is 0.326 e. The van der Waals surface area contributed by atoms with Crippen molar-refractivity contribution in [3.63, 3.8) is 0 Å². The minimum atomic E-state index is -0.0202. The molecule has 0 amide bonds. The maximum atomic E-state index is 5.90. The van der Waals surface area contributed by atoms with Gasteiger partial charge in [-0.1, -0.05) is 13.0 Å². The van der Waals surface area contributed by atoms with Gasteiger partial charge in [0.1, 0.15) is 0 Å². The van der Waals surface area contributed by atoms with Crippen molar-refractivity contribution in [2.75, 3.05) is 19.6 Å². The molecule has 13 heavy (non-hydrogen) atoms. The lowest BCUT2D eigenvalue weighted by molar-refractivity contribution is 0.297. The van der Waals surface area contributed by atoms with Crippen LogP contribution >= 0.6 is 0 Å². The van der Waals surface area contributed by atoms with E-state index in [0.29, 0.717) is 0 Å². The van der Waals surface area contributed by atoms with Gasteiger partial charge < -0.3 is 5.73 Å². The summed E-state index contributed by atoms with van der Waals surface area (Å²) < 4.78 is 0. The van der Waals surface area contributed by atoms with Crippen molar-refractivity contribution in [1.82, 2.24) is 4.90 Å². The molecular weight excluding hydrogens is 160 g/mol. The third-order valence-electron chi connectivity index (χ3n) is 2.13. The fourth-order valence-electron chi connectivity index (χ4n) is 1.32. The molecule has 0 aromatic heterocycles. The Morgan fingerprint density at radius 1 is 1.46 bits per heavy atom. The van der Waals surface area contributed by atoms with Gasteiger partial charge in [-0.2, -0.15) is 0 Å². The van der Waals surface area contributed by atoms with Crippen LogP contribution in [-0.4, -0.2) is 30.1 Å². The molecule has 0 fully saturated rings. The summed E-state index contributed by atoms with van der Waals surface area (Å²) >= 11 is 0. The van der Waals surface area contributed by atoms with Gasteiger partial charge >= 0.3 is 0 Å². The summed E-state index contributed by atoms with van der Waals surface area (Å²) in [5.41, 5.74) is 5.88. The number of hydrogen-bond donors (Lipinski definition) is 1. The predicted octanol–water partition coefficient (Wildman–Crippen LogP) is 2.01. The highest BCUT2D eigenvalue weighted by atomic mass is 15.1. The van der Waals surface area contributed by atoms with Crippen LogP contribution in [-0.2, 0) is 0 Å². The summed E-state index contributed by atoms with van der Waals surface area (Å²) in [5, 5.41) is 0. The van der Waals surface area contributed by atoms with Crippen LogP contribution in [0.5, 0.6) is 0 Å². The second-order valence-corrected chi connectivity index (χ2v) is 4.27. The van der Waals surface area contributed by atoms with Crippen molar-refractivity contribution >= 4 is 0 Å². The molecule has 0 saturated carbocycles. The third-order valence-corrected chi connectivity index (χ3v) is 2.13. The van der Waals surface area contributed by atoms with Gasteiger partial charge in [0.15, 0.2) is 0 Å². The summed E-state index contributed by atoms with van der Waals surface area (Å²) in [6.07, 6.45) is 4.21. The number of nitrogens with zero attached hydrogens (tertiary/aromatic N) is 1. The summed E-state index contributed by atoms with van der Waals surface area (Å²) in [6.45, 7) is 13.3. The molecule has 2 N–H and O–H groups in total. The zero-order valence-electron chi connectivity index (χ0n) is 9.34. The Labute approximate surface area is 82.8 Å². The number of rotatable bonds is 7. The zero-order chi connectivity index (χ0) is 10.3. The van der Waals surface area contributed by atoms with Gasteiger partial charge in [0, 0.05) is 12.1 Å². The molecule has 0 spiro atoms. The normalized spacial score (nSPS) is 12.1. The first-order valence-corrected chi connectivity index (χ1v) is 5.11. The number of nitrogens with two attached hydrogens (primary N) is 1. The summed E-state index contributed by atoms with van der Waals surface area (Å²) in [6, 6.07) is 0. The lowest BCUT2D eigenvalue weighted by Gasteiger charge is -2.22. The van der Waals surface area contributed by atoms with E-state index in [9.17, 15) is 0 Å². The van der Waals surface area contributed by atoms with E-state index >= 15 is 0 Å². The van der Waals surface area contributed by atoms with Gasteiger partial charge in [0.05, 0.1) is 0 Å². The molecule has 0 aromatic carbocycles. The monoisotopic (exact) mass is 184 g/mol. The molecule has 0 atom stereocenters. The van der Waals surface area contributed by atoms with Gasteiger partial charge in [0.2, 0.25) is 0 Å². The quantitative estimate of drug-likeness (QED) is 0.613. The van der Waals surface area contributed by atoms with Crippen molar-refractivity contribution in [2.24, 2.45) is 5.73 Å². The zero-order valence-corrected chi connectivity index (χ0v) is 9.34. The second-order valence-electron chi connectivity index (χ2n) is 4.27. The highest BCUT2D eigenvalue weighted by Crippen LogP contribution is 2.07. The predicted molar refractivity (Wildman–Crippen MR) is 59.8 cm³/mol. The van der Waals surface area contributed by atoms with E-state index in [1.807, 2.05) is 6.08 Å². The smallest absolute Gasteiger partial charge is 0.0160 e. The van der Waals surface area contributed by atoms with Crippen LogP contribution in [0, 0.1) is 0 Å². The van der Waals surface area contributed by atoms with Gasteiger partial charge in [-0.25, -0.2) is 0 Å². The maximum Gasteiger partial charge on any atom is 0.0160 e. The van der Waals surface area contributed by atoms with Gasteiger partial charge in [-0.3, -0.25) is 4.90 Å². The first kappa shape index (κ1) is 12.7. The molecule has 0 radical (unpaired) electrons. The Kier molecular flexibility index (Phi) is 6.00. The van der Waals surface area contributed by atoms with Crippen LogP contribution in [0.4, 0.5) is 0 Å². The van der Waals surface area contributed by atoms with E-state index < -0.39 is 0 Å². The Morgan fingerprint density at radius 2 is 2.08 bits per heavy atom. The molecule has 0 aromatic rings. The number of likely N-dealkylation sites (N-methyl/N-ethyl adjacent to an activating group) is 1. The minimum absolute atomic E-state index is 0.0202. The fraction of sp³-hybridized carbons (Fsp3) is 0.818. The lowest BCUT2D eigenvalue weighted by atomic mass is 10.00. The summed E-state index contributed by atoms with van der Waals surface area (Å²) in [4.78, 5) is 2.37. The van der Waals surface area contributed by atoms with Crippen LogP contribution in [0.1, 0.15) is 33.6 Å². The molecule has 0 saturated heterocycles. The topological polar surface area (TPSA) is 29.3 Å². The standard InChI is InChI=1S/C11H24N2/c1-5-9-13(6-2)10-7-8-11(3,4)12/h5H,1,6-10,12H2,2-4H3. The first-order valence-electron chi connectivity index (χ1n) is 5.11. The Hall–Kier alpha value is -0.340. The van der Waals surface area contributed by atoms with Crippen LogP contribution < -0.4 is 5.73 Å². The molecule has 78 valence electrons. The molecular formula is C11H24N2. The Morgan fingerprint density at radius 3 is 2.46 bits per heavy atom. The molecule has 0 rings (SSSR count). The average molecular weight is 184 g/mol. The van der Waals surface area contributed by atoms with E-state index in [4.69, 9.17) is 5.73 Å². The Balaban J connectivity index is 3.54. The summed E-state index contributed by atoms with van der Waals surface area (Å²) in [5.74, 6) is 0. The lowest BCUT2D eigenvalue weighted by Crippen LogP contribution is -2.33. The van der Waals surface area contributed by atoms with Crippen molar-refractivity contribution < 1.29 is 0 Å². The van der Waals surface area contributed by atoms with Crippen LogP contribution in [0.15, 0.2) is 12.7 Å². The van der Waals surface area contributed by atoms with Gasteiger partial charge in [0.25, 0.3) is 0 Å². The Bertz CT molecular complexity index is 136. The van der Waals surface area contributed by atoms with E-state index in [0.717, 1.165) is 26.1 Å². The maximum absolute atomic E-state index is 5.90. The second kappa shape index (κ2) is 6.17. The third kappa shape index (κ3) is 8.00. The van der Waals surface area contributed by atoms with E-state index in [2.05, 4.69) is 32.3 Å². The fourth-order valence-corrected chi connectivity index (χ4v) is 1.32. The molecule has 0 aliphatic rings. The van der Waals surface area contributed by atoms with Crippen molar-refractivity contribution in [3.8, 4) is 0 Å². The highest BCUT2D eigenvalue weighted by molar-refractivity contribution is 4.75. The van der Waals surface area contributed by atoms with E-state index in [-0.39, 0.29) is 5.54 Å². The average Bonchev–Trinajstić information content (AvgIpc) is 2.01. The van der Waals surface area contributed by atoms with Crippen LogP contribution in [0.25, 0.3) is 0 Å². The molecule has 0 heterocycles. The molecule has 0 aliphatic heterocycles. The van der Waals surface area contributed by atoms with Crippen molar-refractivity contribution in [2.45, 2.75) is 39.2 Å². The van der Waals surface area contributed by atoms with E-state index in [1.165, 1.54) is 6.42 Å². The molecule has 0 aliphatic carbocycles. The molecule has 2 nitrogen and oxygen atoms in total. The van der Waals surface area contributed by atoms with E-state index in [1.54, 1.807) is 0 Å². The van der Waals surface area contributed by atoms with Crippen LogP contribution in [0.2, 0.25) is 0 Å². The van der Waals surface area contributed by atoms with Gasteiger partial charge in [-0.05, 0) is 39.8 Å². The van der Waals surface area contributed by atoms with Crippen LogP contribution in [0.3, 0.4) is 0 Å². The van der Waals surface area contributed by atoms with Crippen molar-refractivity contribution in [1.29, 1.82) is 0 Å². The first-order chi connectivity index (χ1) is 5.99.